The number of likely N-dealkylation sites (tertiary alicyclic amines) is 1. The fourth-order valence-corrected chi connectivity index (χ4v) is 4.42. The highest BCUT2D eigenvalue weighted by atomic mass is 32.1. The monoisotopic (exact) mass is 336 g/mol. The molecule has 2 N–H and O–H groups in total. The van der Waals surface area contributed by atoms with Crippen molar-refractivity contribution in [2.24, 2.45) is 11.8 Å². The number of rotatable bonds is 5. The lowest BCUT2D eigenvalue weighted by molar-refractivity contribution is -0.120. The van der Waals surface area contributed by atoms with E-state index >= 15 is 0 Å². The van der Waals surface area contributed by atoms with Gasteiger partial charge in [-0.3, -0.25) is 9.59 Å². The minimum atomic E-state index is 0.0540. The summed E-state index contributed by atoms with van der Waals surface area (Å²) < 4.78 is 0. The molecule has 126 valence electrons. The third kappa shape index (κ3) is 3.65. The zero-order valence-corrected chi connectivity index (χ0v) is 14.5. The summed E-state index contributed by atoms with van der Waals surface area (Å²) in [6.45, 7) is 6.06. The molecule has 1 saturated carbocycles. The Kier molecular flexibility index (Phi) is 4.84. The molecule has 6 nitrogen and oxygen atoms in total. The first kappa shape index (κ1) is 16.2. The van der Waals surface area contributed by atoms with E-state index in [0.717, 1.165) is 44.0 Å². The second-order valence-corrected chi connectivity index (χ2v) is 7.52. The molecule has 1 aromatic rings. The predicted octanol–water partition coefficient (Wildman–Crippen LogP) is 1.95. The highest BCUT2D eigenvalue weighted by molar-refractivity contribution is 7.17. The Hall–Kier alpha value is -1.63. The molecular formula is C16H24N4O2S. The van der Waals surface area contributed by atoms with Crippen molar-refractivity contribution in [3.63, 3.8) is 0 Å². The lowest BCUT2D eigenvalue weighted by atomic mass is 9.72. The van der Waals surface area contributed by atoms with Gasteiger partial charge in [-0.05, 0) is 38.0 Å². The molecule has 1 aromatic heterocycles. The van der Waals surface area contributed by atoms with E-state index in [1.807, 2.05) is 11.8 Å². The number of carbonyl (C=O) groups excluding carboxylic acids is 2. The van der Waals surface area contributed by atoms with Crippen LogP contribution in [0.15, 0.2) is 6.20 Å². The van der Waals surface area contributed by atoms with Crippen molar-refractivity contribution in [2.75, 3.05) is 25.0 Å². The van der Waals surface area contributed by atoms with Crippen molar-refractivity contribution in [3.05, 3.63) is 11.1 Å². The zero-order chi connectivity index (χ0) is 16.4. The minimum Gasteiger partial charge on any atom is -0.362 e. The minimum absolute atomic E-state index is 0.0540. The third-order valence-electron chi connectivity index (χ3n) is 4.80. The molecule has 0 bridgehead atoms. The molecule has 0 spiro atoms. The number of thiazole rings is 1. The Morgan fingerprint density at radius 1 is 1.39 bits per heavy atom. The van der Waals surface area contributed by atoms with Crippen LogP contribution in [0.25, 0.3) is 0 Å². The molecule has 23 heavy (non-hydrogen) atoms. The van der Waals surface area contributed by atoms with Crippen molar-refractivity contribution in [3.8, 4) is 0 Å². The van der Waals surface area contributed by atoms with Gasteiger partial charge < -0.3 is 15.5 Å². The molecule has 0 aromatic carbocycles. The van der Waals surface area contributed by atoms with Crippen LogP contribution in [-0.4, -0.2) is 47.4 Å². The van der Waals surface area contributed by atoms with Crippen LogP contribution in [0.2, 0.25) is 0 Å². The number of amides is 2. The maximum Gasteiger partial charge on any atom is 0.265 e. The lowest BCUT2D eigenvalue weighted by Crippen LogP contribution is -2.46. The van der Waals surface area contributed by atoms with E-state index in [1.54, 1.807) is 13.1 Å². The maximum absolute atomic E-state index is 12.6. The van der Waals surface area contributed by atoms with Crippen molar-refractivity contribution in [1.29, 1.82) is 0 Å². The largest absolute Gasteiger partial charge is 0.362 e. The summed E-state index contributed by atoms with van der Waals surface area (Å²) in [5, 5.41) is 6.92. The summed E-state index contributed by atoms with van der Waals surface area (Å²) in [6, 6.07) is 0.339. The number of aromatic nitrogens is 1. The lowest BCUT2D eigenvalue weighted by Gasteiger charge is -2.39. The molecule has 1 saturated heterocycles. The van der Waals surface area contributed by atoms with Crippen LogP contribution < -0.4 is 10.6 Å². The van der Waals surface area contributed by atoms with Crippen LogP contribution in [0.1, 0.15) is 42.8 Å². The first-order valence-corrected chi connectivity index (χ1v) is 9.14. The highest BCUT2D eigenvalue weighted by Gasteiger charge is 2.39. The van der Waals surface area contributed by atoms with Crippen molar-refractivity contribution in [2.45, 2.75) is 39.2 Å². The SMILES string of the molecule is CCNc1ncc(C(=O)N2CCC(C3CC(NC(C)=O)C3)C2)s1. The quantitative estimate of drug-likeness (QED) is 0.862. The number of hydrogen-bond acceptors (Lipinski definition) is 5. The number of anilines is 1. The summed E-state index contributed by atoms with van der Waals surface area (Å²) >= 11 is 1.43. The molecule has 1 aliphatic heterocycles. The van der Waals surface area contributed by atoms with Gasteiger partial charge in [-0.2, -0.15) is 0 Å². The molecule has 2 amide bonds. The van der Waals surface area contributed by atoms with E-state index in [1.165, 1.54) is 11.3 Å². The first-order chi connectivity index (χ1) is 11.1. The molecule has 2 aliphatic rings. The molecule has 1 atom stereocenters. The van der Waals surface area contributed by atoms with E-state index in [9.17, 15) is 9.59 Å². The van der Waals surface area contributed by atoms with E-state index in [4.69, 9.17) is 0 Å². The van der Waals surface area contributed by atoms with Gasteiger partial charge in [0.25, 0.3) is 5.91 Å². The van der Waals surface area contributed by atoms with Gasteiger partial charge in [0, 0.05) is 32.6 Å². The predicted molar refractivity (Wildman–Crippen MR) is 90.6 cm³/mol. The average Bonchev–Trinajstić information content (AvgIpc) is 3.11. The van der Waals surface area contributed by atoms with E-state index in [-0.39, 0.29) is 11.8 Å². The summed E-state index contributed by atoms with van der Waals surface area (Å²) in [5.74, 6) is 1.37. The number of nitrogens with zero attached hydrogens (tertiary/aromatic N) is 2. The average molecular weight is 336 g/mol. The van der Waals surface area contributed by atoms with Crippen LogP contribution in [0.3, 0.4) is 0 Å². The summed E-state index contributed by atoms with van der Waals surface area (Å²) in [7, 11) is 0. The third-order valence-corrected chi connectivity index (χ3v) is 5.75. The molecule has 2 heterocycles. The van der Waals surface area contributed by atoms with Crippen molar-refractivity contribution in [1.82, 2.24) is 15.2 Å². The molecule has 0 radical (unpaired) electrons. The fourth-order valence-electron chi connectivity index (χ4n) is 3.57. The Labute approximate surface area is 140 Å². The van der Waals surface area contributed by atoms with E-state index in [2.05, 4.69) is 15.6 Å². The van der Waals surface area contributed by atoms with Crippen LogP contribution in [0.5, 0.6) is 0 Å². The molecule has 7 heteroatoms. The normalized spacial score (nSPS) is 26.7. The topological polar surface area (TPSA) is 74.3 Å². The Morgan fingerprint density at radius 2 is 2.17 bits per heavy atom. The van der Waals surface area contributed by atoms with Crippen LogP contribution in [0.4, 0.5) is 5.13 Å². The Bertz CT molecular complexity index is 582. The van der Waals surface area contributed by atoms with Gasteiger partial charge in [-0.1, -0.05) is 11.3 Å². The van der Waals surface area contributed by atoms with E-state index in [0.29, 0.717) is 22.8 Å². The molecular weight excluding hydrogens is 312 g/mol. The smallest absolute Gasteiger partial charge is 0.265 e. The number of nitrogens with one attached hydrogen (secondary N) is 2. The molecule has 3 rings (SSSR count). The zero-order valence-electron chi connectivity index (χ0n) is 13.7. The van der Waals surface area contributed by atoms with Gasteiger partial charge in [0.15, 0.2) is 5.13 Å². The Morgan fingerprint density at radius 3 is 2.87 bits per heavy atom. The summed E-state index contributed by atoms with van der Waals surface area (Å²) in [5.41, 5.74) is 0. The first-order valence-electron chi connectivity index (χ1n) is 8.33. The highest BCUT2D eigenvalue weighted by Crippen LogP contribution is 2.39. The van der Waals surface area contributed by atoms with Gasteiger partial charge in [-0.15, -0.1) is 0 Å². The molecule has 2 fully saturated rings. The maximum atomic E-state index is 12.6. The molecule has 1 aliphatic carbocycles. The molecule has 1 unspecified atom stereocenters. The summed E-state index contributed by atoms with van der Waals surface area (Å²) in [4.78, 5) is 30.5. The second-order valence-electron chi connectivity index (χ2n) is 6.49. The van der Waals surface area contributed by atoms with Gasteiger partial charge in [0.05, 0.1) is 6.20 Å². The van der Waals surface area contributed by atoms with Gasteiger partial charge >= 0.3 is 0 Å². The fraction of sp³-hybridized carbons (Fsp3) is 0.688. The second kappa shape index (κ2) is 6.86. The van der Waals surface area contributed by atoms with Crippen LogP contribution in [0, 0.1) is 11.8 Å². The Balaban J connectivity index is 1.49. The van der Waals surface area contributed by atoms with Crippen molar-refractivity contribution < 1.29 is 9.59 Å². The number of hydrogen-bond donors (Lipinski definition) is 2. The van der Waals surface area contributed by atoms with Crippen LogP contribution in [-0.2, 0) is 4.79 Å². The van der Waals surface area contributed by atoms with Gasteiger partial charge in [0.2, 0.25) is 5.91 Å². The van der Waals surface area contributed by atoms with Crippen LogP contribution >= 0.6 is 11.3 Å². The van der Waals surface area contributed by atoms with Crippen molar-refractivity contribution >= 4 is 28.3 Å². The standard InChI is InChI=1S/C16H24N4O2S/c1-3-17-16-18-8-14(23-16)15(22)20-5-4-11(9-20)12-6-13(7-12)19-10(2)21/h8,11-13H,3-7,9H2,1-2H3,(H,17,18)(H,19,21). The van der Waals surface area contributed by atoms with E-state index < -0.39 is 0 Å². The van der Waals surface area contributed by atoms with Gasteiger partial charge in [-0.25, -0.2) is 4.98 Å². The number of carbonyl (C=O) groups is 2. The summed E-state index contributed by atoms with van der Waals surface area (Å²) in [6.07, 6.45) is 4.85. The van der Waals surface area contributed by atoms with Gasteiger partial charge in [0.1, 0.15) is 4.88 Å².